The molecule has 1 unspecified atom stereocenters. The summed E-state index contributed by atoms with van der Waals surface area (Å²) in [5, 5.41) is 0.734. The van der Waals surface area contributed by atoms with Crippen LogP contribution in [0.3, 0.4) is 0 Å². The van der Waals surface area contributed by atoms with Gasteiger partial charge in [-0.3, -0.25) is 14.8 Å². The minimum atomic E-state index is -3.70. The Morgan fingerprint density at radius 1 is 0.875 bits per heavy atom. The number of likely N-dealkylation sites (N-methyl/N-ethyl adjacent to an activating group) is 1. The Bertz CT molecular complexity index is 1910. The molecule has 0 N–H and O–H groups in total. The van der Waals surface area contributed by atoms with Crippen molar-refractivity contribution in [3.8, 4) is 0 Å². The van der Waals surface area contributed by atoms with Crippen LogP contribution < -0.4 is 0 Å². The SMILES string of the molecule is Cc1nc2cnccc2n1Cc1ccc(S(=O)(=O)N(C)[C@@H](CC(C)C)CN2CCN(C(c3ccccc3)c3ccc(Cl)cc3)CC2)cc1. The number of aromatic nitrogens is 3. The highest BCUT2D eigenvalue weighted by molar-refractivity contribution is 7.89. The van der Waals surface area contributed by atoms with Gasteiger partial charge in [0.1, 0.15) is 11.3 Å². The minimum Gasteiger partial charge on any atom is -0.324 e. The Balaban J connectivity index is 1.13. The molecule has 8 nitrogen and oxygen atoms in total. The molecule has 0 radical (unpaired) electrons. The number of benzene rings is 3. The van der Waals surface area contributed by atoms with Gasteiger partial charge in [-0.15, -0.1) is 0 Å². The number of rotatable bonds is 12. The molecule has 0 saturated carbocycles. The third kappa shape index (κ3) is 7.66. The molecule has 3 aromatic carbocycles. The smallest absolute Gasteiger partial charge is 0.243 e. The molecule has 0 aliphatic carbocycles. The Hall–Kier alpha value is -3.60. The van der Waals surface area contributed by atoms with Crippen molar-refractivity contribution in [3.63, 3.8) is 0 Å². The number of hydrogen-bond donors (Lipinski definition) is 0. The van der Waals surface area contributed by atoms with Crippen LogP contribution in [0.15, 0.2) is 102 Å². The molecule has 1 saturated heterocycles. The first kappa shape index (κ1) is 34.3. The third-order valence-corrected chi connectivity index (χ3v) is 11.7. The van der Waals surface area contributed by atoms with Crippen molar-refractivity contribution in [2.75, 3.05) is 39.8 Å². The van der Waals surface area contributed by atoms with Crippen LogP contribution >= 0.6 is 11.6 Å². The summed E-state index contributed by atoms with van der Waals surface area (Å²) in [5.74, 6) is 1.25. The van der Waals surface area contributed by atoms with Crippen LogP contribution in [0.1, 0.15) is 48.8 Å². The molecule has 2 aromatic heterocycles. The van der Waals surface area contributed by atoms with Crippen molar-refractivity contribution in [2.45, 2.75) is 50.7 Å². The van der Waals surface area contributed by atoms with Gasteiger partial charge in [0.15, 0.2) is 0 Å². The minimum absolute atomic E-state index is 0.136. The molecule has 0 spiro atoms. The molecular weight excluding hydrogens is 640 g/mol. The molecule has 1 fully saturated rings. The molecule has 6 rings (SSSR count). The zero-order valence-corrected chi connectivity index (χ0v) is 29.8. The maximum atomic E-state index is 14.0. The van der Waals surface area contributed by atoms with Gasteiger partial charge in [0.05, 0.1) is 22.7 Å². The molecule has 2 atom stereocenters. The summed E-state index contributed by atoms with van der Waals surface area (Å²) < 4.78 is 31.7. The Kier molecular flexibility index (Phi) is 10.6. The maximum absolute atomic E-state index is 14.0. The average Bonchev–Trinajstić information content (AvgIpc) is 3.40. The summed E-state index contributed by atoms with van der Waals surface area (Å²) in [4.78, 5) is 14.1. The lowest BCUT2D eigenvalue weighted by molar-refractivity contribution is 0.0918. The number of imidazole rings is 1. The average molecular weight is 685 g/mol. The highest BCUT2D eigenvalue weighted by Crippen LogP contribution is 2.31. The van der Waals surface area contributed by atoms with E-state index < -0.39 is 10.0 Å². The third-order valence-electron chi connectivity index (χ3n) is 9.48. The van der Waals surface area contributed by atoms with Crippen LogP contribution in [0.4, 0.5) is 0 Å². The second kappa shape index (κ2) is 14.9. The molecular formula is C38H45ClN6O2S. The first-order chi connectivity index (χ1) is 23.1. The second-order valence-corrected chi connectivity index (χ2v) is 15.7. The Morgan fingerprint density at radius 3 is 2.21 bits per heavy atom. The van der Waals surface area contributed by atoms with E-state index in [2.05, 4.69) is 80.6 Å². The summed E-state index contributed by atoms with van der Waals surface area (Å²) in [6, 6.07) is 28.0. The van der Waals surface area contributed by atoms with E-state index in [0.717, 1.165) is 60.0 Å². The van der Waals surface area contributed by atoms with Gasteiger partial charge < -0.3 is 4.57 Å². The largest absolute Gasteiger partial charge is 0.324 e. The van der Waals surface area contributed by atoms with Gasteiger partial charge in [-0.05, 0) is 66.3 Å². The predicted octanol–water partition coefficient (Wildman–Crippen LogP) is 6.88. The summed E-state index contributed by atoms with van der Waals surface area (Å²) in [5.41, 5.74) is 5.36. The van der Waals surface area contributed by atoms with Crippen molar-refractivity contribution in [3.05, 3.63) is 125 Å². The number of pyridine rings is 1. The second-order valence-electron chi connectivity index (χ2n) is 13.3. The van der Waals surface area contributed by atoms with Crippen molar-refractivity contribution in [1.82, 2.24) is 28.6 Å². The lowest BCUT2D eigenvalue weighted by atomic mass is 9.96. The van der Waals surface area contributed by atoms with Crippen molar-refractivity contribution in [1.29, 1.82) is 0 Å². The fraction of sp³-hybridized carbons (Fsp3) is 0.368. The van der Waals surface area contributed by atoms with Gasteiger partial charge in [-0.25, -0.2) is 13.4 Å². The molecule has 0 amide bonds. The van der Waals surface area contributed by atoms with Crippen molar-refractivity contribution in [2.24, 2.45) is 5.92 Å². The lowest BCUT2D eigenvalue weighted by Crippen LogP contribution is -2.52. The molecule has 1 aliphatic rings. The molecule has 10 heteroatoms. The first-order valence-corrected chi connectivity index (χ1v) is 18.5. The van der Waals surface area contributed by atoms with Gasteiger partial charge in [0.25, 0.3) is 0 Å². The monoisotopic (exact) mass is 684 g/mol. The van der Waals surface area contributed by atoms with Crippen LogP contribution in [0.5, 0.6) is 0 Å². The van der Waals surface area contributed by atoms with Crippen LogP contribution in [0.2, 0.25) is 5.02 Å². The number of fused-ring (bicyclic) bond motifs is 1. The van der Waals surface area contributed by atoms with Crippen LogP contribution in [-0.4, -0.2) is 82.9 Å². The zero-order chi connectivity index (χ0) is 33.8. The van der Waals surface area contributed by atoms with E-state index in [0.29, 0.717) is 23.9 Å². The van der Waals surface area contributed by atoms with Crippen LogP contribution in [-0.2, 0) is 16.6 Å². The highest BCUT2D eigenvalue weighted by atomic mass is 35.5. The molecule has 3 heterocycles. The standard InChI is InChI=1S/C38H45ClN6O2S/c1-28(2)24-34(27-43-20-22-44(23-21-43)38(31-8-6-5-7-9-31)32-12-14-33(39)15-13-32)42(4)48(46,47)35-16-10-30(11-17-35)26-45-29(3)41-36-25-40-19-18-37(36)45/h5-19,25,28,34,38H,20-24,26-27H2,1-4H3/t34-,38?/m0/s1. The first-order valence-electron chi connectivity index (χ1n) is 16.7. The van der Waals surface area contributed by atoms with Crippen molar-refractivity contribution < 1.29 is 8.42 Å². The quantitative estimate of drug-likeness (QED) is 0.143. The van der Waals surface area contributed by atoms with E-state index in [1.807, 2.05) is 37.3 Å². The number of sulfonamides is 1. The molecule has 0 bridgehead atoms. The van der Waals surface area contributed by atoms with Gasteiger partial charge in [-0.2, -0.15) is 4.31 Å². The summed E-state index contributed by atoms with van der Waals surface area (Å²) in [6.07, 6.45) is 4.32. The summed E-state index contributed by atoms with van der Waals surface area (Å²) in [7, 11) is -1.95. The van der Waals surface area contributed by atoms with E-state index >= 15 is 0 Å². The number of nitrogens with zero attached hydrogens (tertiary/aromatic N) is 6. The molecule has 252 valence electrons. The highest BCUT2D eigenvalue weighted by Gasteiger charge is 2.32. The van der Waals surface area contributed by atoms with Crippen molar-refractivity contribution >= 4 is 32.7 Å². The van der Waals surface area contributed by atoms with E-state index in [-0.39, 0.29) is 12.1 Å². The maximum Gasteiger partial charge on any atom is 0.243 e. The Morgan fingerprint density at radius 2 is 1.54 bits per heavy atom. The normalized spacial score (nSPS) is 16.1. The van der Waals surface area contributed by atoms with Gasteiger partial charge >= 0.3 is 0 Å². The summed E-state index contributed by atoms with van der Waals surface area (Å²) in [6.45, 7) is 11.1. The molecule has 5 aromatic rings. The molecule has 1 aliphatic heterocycles. The number of aryl methyl sites for hydroxylation is 1. The lowest BCUT2D eigenvalue weighted by Gasteiger charge is -2.42. The van der Waals surface area contributed by atoms with E-state index in [1.54, 1.807) is 35.9 Å². The summed E-state index contributed by atoms with van der Waals surface area (Å²) >= 11 is 6.23. The topological polar surface area (TPSA) is 74.6 Å². The van der Waals surface area contributed by atoms with Crippen LogP contribution in [0.25, 0.3) is 11.0 Å². The van der Waals surface area contributed by atoms with E-state index in [9.17, 15) is 8.42 Å². The fourth-order valence-electron chi connectivity index (χ4n) is 6.89. The van der Waals surface area contributed by atoms with Gasteiger partial charge in [0.2, 0.25) is 10.0 Å². The Labute approximate surface area is 290 Å². The fourth-order valence-corrected chi connectivity index (χ4v) is 8.38. The van der Waals surface area contributed by atoms with Gasteiger partial charge in [0, 0.05) is 63.6 Å². The van der Waals surface area contributed by atoms with E-state index in [1.165, 1.54) is 11.1 Å². The number of piperazine rings is 1. The number of halogens is 1. The van der Waals surface area contributed by atoms with E-state index in [4.69, 9.17) is 11.6 Å². The van der Waals surface area contributed by atoms with Gasteiger partial charge in [-0.1, -0.05) is 80.0 Å². The predicted molar refractivity (Wildman–Crippen MR) is 194 cm³/mol. The molecule has 48 heavy (non-hydrogen) atoms. The number of hydrogen-bond acceptors (Lipinski definition) is 6. The zero-order valence-electron chi connectivity index (χ0n) is 28.2. The van der Waals surface area contributed by atoms with Crippen LogP contribution in [0, 0.1) is 12.8 Å².